The lowest BCUT2D eigenvalue weighted by molar-refractivity contribution is 0.102. The number of benzene rings is 1. The molecule has 94 valence electrons. The van der Waals surface area contributed by atoms with Gasteiger partial charge >= 0.3 is 6.01 Å². The maximum Gasteiger partial charge on any atom is 0.336 e. The van der Waals surface area contributed by atoms with Crippen molar-refractivity contribution in [1.82, 2.24) is 15.2 Å². The van der Waals surface area contributed by atoms with Gasteiger partial charge in [-0.2, -0.15) is 4.98 Å². The summed E-state index contributed by atoms with van der Waals surface area (Å²) in [6.07, 6.45) is 0. The Bertz CT molecular complexity index is 582. The van der Waals surface area contributed by atoms with Crippen molar-refractivity contribution in [3.63, 3.8) is 0 Å². The van der Waals surface area contributed by atoms with E-state index >= 15 is 0 Å². The Morgan fingerprint density at radius 2 is 2.28 bits per heavy atom. The molecule has 18 heavy (non-hydrogen) atoms. The average Bonchev–Trinajstić information content (AvgIpc) is 2.80. The highest BCUT2D eigenvalue weighted by Gasteiger charge is 2.10. The number of rotatable bonds is 3. The minimum absolute atomic E-state index is 0.126. The normalized spacial score (nSPS) is 10.2. The standard InChI is InChI=1S/C11H11FN4O2/c1-6-5-7(3-4-8(6)12)9(17)13-10-14-11(18-2)16-15-10/h3-5H,1-2H3,(H2,13,14,15,16,17). The molecule has 0 aliphatic rings. The van der Waals surface area contributed by atoms with Gasteiger partial charge in [0.05, 0.1) is 7.11 Å². The monoisotopic (exact) mass is 250 g/mol. The number of amides is 1. The van der Waals surface area contributed by atoms with Gasteiger partial charge in [-0.3, -0.25) is 10.1 Å². The van der Waals surface area contributed by atoms with Gasteiger partial charge < -0.3 is 4.74 Å². The lowest BCUT2D eigenvalue weighted by atomic mass is 10.1. The Hall–Kier alpha value is -2.44. The number of anilines is 1. The predicted octanol–water partition coefficient (Wildman–Crippen LogP) is 1.51. The van der Waals surface area contributed by atoms with E-state index in [1.807, 2.05) is 0 Å². The van der Waals surface area contributed by atoms with E-state index in [0.29, 0.717) is 11.1 Å². The van der Waals surface area contributed by atoms with Crippen LogP contribution >= 0.6 is 0 Å². The Morgan fingerprint density at radius 1 is 1.50 bits per heavy atom. The summed E-state index contributed by atoms with van der Waals surface area (Å²) >= 11 is 0. The van der Waals surface area contributed by atoms with Gasteiger partial charge in [0.15, 0.2) is 0 Å². The van der Waals surface area contributed by atoms with E-state index in [0.717, 1.165) is 0 Å². The van der Waals surface area contributed by atoms with Gasteiger partial charge in [-0.05, 0) is 30.7 Å². The van der Waals surface area contributed by atoms with Gasteiger partial charge in [0, 0.05) is 5.56 Å². The van der Waals surface area contributed by atoms with Crippen molar-refractivity contribution in [3.8, 4) is 6.01 Å². The van der Waals surface area contributed by atoms with Gasteiger partial charge in [-0.25, -0.2) is 9.49 Å². The molecule has 0 atom stereocenters. The number of aryl methyl sites for hydroxylation is 1. The lowest BCUT2D eigenvalue weighted by Gasteiger charge is -2.03. The molecule has 1 aromatic heterocycles. The smallest absolute Gasteiger partial charge is 0.336 e. The summed E-state index contributed by atoms with van der Waals surface area (Å²) in [4.78, 5) is 15.7. The van der Waals surface area contributed by atoms with Gasteiger partial charge in [0.2, 0.25) is 5.95 Å². The summed E-state index contributed by atoms with van der Waals surface area (Å²) < 4.78 is 17.8. The predicted molar refractivity (Wildman–Crippen MR) is 62.0 cm³/mol. The fourth-order valence-electron chi connectivity index (χ4n) is 1.36. The topological polar surface area (TPSA) is 79.9 Å². The second-order valence-corrected chi connectivity index (χ2v) is 3.59. The Balaban J connectivity index is 2.14. The largest absolute Gasteiger partial charge is 0.466 e. The molecule has 0 fully saturated rings. The van der Waals surface area contributed by atoms with Crippen LogP contribution < -0.4 is 10.1 Å². The maximum atomic E-state index is 13.1. The van der Waals surface area contributed by atoms with Crippen molar-refractivity contribution < 1.29 is 13.9 Å². The number of ether oxygens (including phenoxy) is 1. The molecule has 7 heteroatoms. The molecule has 1 amide bonds. The number of aromatic nitrogens is 3. The van der Waals surface area contributed by atoms with Crippen molar-refractivity contribution in [2.24, 2.45) is 0 Å². The summed E-state index contributed by atoms with van der Waals surface area (Å²) in [5.74, 6) is -0.594. The quantitative estimate of drug-likeness (QED) is 0.865. The van der Waals surface area contributed by atoms with Crippen molar-refractivity contribution in [3.05, 3.63) is 35.1 Å². The highest BCUT2D eigenvalue weighted by molar-refractivity contribution is 6.03. The van der Waals surface area contributed by atoms with E-state index < -0.39 is 5.91 Å². The van der Waals surface area contributed by atoms with E-state index in [9.17, 15) is 9.18 Å². The molecule has 0 saturated heterocycles. The second-order valence-electron chi connectivity index (χ2n) is 3.59. The second kappa shape index (κ2) is 4.82. The summed E-state index contributed by atoms with van der Waals surface area (Å²) in [7, 11) is 1.41. The first kappa shape index (κ1) is 12.0. The number of halogens is 1. The zero-order chi connectivity index (χ0) is 13.1. The van der Waals surface area contributed by atoms with Crippen LogP contribution in [0.15, 0.2) is 18.2 Å². The average molecular weight is 250 g/mol. The number of hydrogen-bond donors (Lipinski definition) is 2. The first-order chi connectivity index (χ1) is 8.60. The van der Waals surface area contributed by atoms with E-state index in [4.69, 9.17) is 4.74 Å². The number of H-pyrrole nitrogens is 1. The number of carbonyl (C=O) groups is 1. The van der Waals surface area contributed by atoms with Crippen molar-refractivity contribution in [2.75, 3.05) is 12.4 Å². The Labute approximate surface area is 102 Å². The van der Waals surface area contributed by atoms with Crippen LogP contribution in [-0.4, -0.2) is 28.2 Å². The summed E-state index contributed by atoms with van der Waals surface area (Å²) in [6.45, 7) is 1.59. The molecule has 2 aromatic rings. The van der Waals surface area contributed by atoms with Gasteiger partial charge in [-0.1, -0.05) is 0 Å². The molecule has 0 bridgehead atoms. The third-order valence-corrected chi connectivity index (χ3v) is 2.30. The summed E-state index contributed by atoms with van der Waals surface area (Å²) in [5, 5.41) is 8.66. The molecule has 0 radical (unpaired) electrons. The van der Waals surface area contributed by atoms with Crippen LogP contribution in [0.4, 0.5) is 10.3 Å². The van der Waals surface area contributed by atoms with Gasteiger partial charge in [-0.15, -0.1) is 5.10 Å². The molecule has 2 rings (SSSR count). The van der Waals surface area contributed by atoms with Gasteiger partial charge in [0.25, 0.3) is 5.91 Å². The van der Waals surface area contributed by atoms with Crippen LogP contribution in [0.2, 0.25) is 0 Å². The van der Waals surface area contributed by atoms with Crippen molar-refractivity contribution in [2.45, 2.75) is 6.92 Å². The number of carbonyl (C=O) groups excluding carboxylic acids is 1. The number of nitrogens with zero attached hydrogens (tertiary/aromatic N) is 2. The van der Waals surface area contributed by atoms with Crippen molar-refractivity contribution in [1.29, 1.82) is 0 Å². The Morgan fingerprint density at radius 3 is 2.89 bits per heavy atom. The third kappa shape index (κ3) is 2.45. The maximum absolute atomic E-state index is 13.1. The van der Waals surface area contributed by atoms with Crippen molar-refractivity contribution >= 4 is 11.9 Å². The third-order valence-electron chi connectivity index (χ3n) is 2.30. The fraction of sp³-hybridized carbons (Fsp3) is 0.182. The van der Waals surface area contributed by atoms with Crippen LogP contribution in [-0.2, 0) is 0 Å². The van der Waals surface area contributed by atoms with E-state index in [2.05, 4.69) is 20.5 Å². The fourth-order valence-corrected chi connectivity index (χ4v) is 1.36. The first-order valence-electron chi connectivity index (χ1n) is 5.14. The molecule has 0 saturated carbocycles. The minimum atomic E-state index is -0.406. The van der Waals surface area contributed by atoms with Crippen LogP contribution in [0.5, 0.6) is 6.01 Å². The van der Waals surface area contributed by atoms with E-state index in [-0.39, 0.29) is 17.8 Å². The Kier molecular flexibility index (Phi) is 3.22. The highest BCUT2D eigenvalue weighted by atomic mass is 19.1. The first-order valence-corrected chi connectivity index (χ1v) is 5.14. The molecule has 0 aliphatic carbocycles. The minimum Gasteiger partial charge on any atom is -0.466 e. The molecular weight excluding hydrogens is 239 g/mol. The van der Waals surface area contributed by atoms with Gasteiger partial charge in [0.1, 0.15) is 5.82 Å². The molecular formula is C11H11FN4O2. The number of aromatic amines is 1. The SMILES string of the molecule is COc1n[nH]c(NC(=O)c2ccc(F)c(C)c2)n1. The number of methoxy groups -OCH3 is 1. The molecule has 6 nitrogen and oxygen atoms in total. The summed E-state index contributed by atoms with van der Waals surface area (Å²) in [5.41, 5.74) is 0.738. The molecule has 0 unspecified atom stereocenters. The van der Waals surface area contributed by atoms with Crippen LogP contribution in [0, 0.1) is 12.7 Å². The van der Waals surface area contributed by atoms with E-state index in [1.54, 1.807) is 6.92 Å². The molecule has 1 heterocycles. The number of hydrogen-bond acceptors (Lipinski definition) is 4. The van der Waals surface area contributed by atoms with Crippen LogP contribution in [0.25, 0.3) is 0 Å². The molecule has 0 spiro atoms. The molecule has 0 aliphatic heterocycles. The highest BCUT2D eigenvalue weighted by Crippen LogP contribution is 2.11. The zero-order valence-electron chi connectivity index (χ0n) is 9.82. The number of nitrogens with one attached hydrogen (secondary N) is 2. The summed E-state index contributed by atoms with van der Waals surface area (Å²) in [6, 6.07) is 4.22. The van der Waals surface area contributed by atoms with Crippen LogP contribution in [0.1, 0.15) is 15.9 Å². The van der Waals surface area contributed by atoms with E-state index in [1.165, 1.54) is 25.3 Å². The lowest BCUT2D eigenvalue weighted by Crippen LogP contribution is -2.13. The zero-order valence-corrected chi connectivity index (χ0v) is 9.82. The molecule has 1 aromatic carbocycles. The van der Waals surface area contributed by atoms with Crippen LogP contribution in [0.3, 0.4) is 0 Å². The molecule has 2 N–H and O–H groups in total.